The minimum atomic E-state index is 0.191. The number of benzene rings is 3. The Kier molecular flexibility index (Phi) is 3.30. The van der Waals surface area contributed by atoms with E-state index in [1.165, 1.54) is 27.9 Å². The molecule has 0 radical (unpaired) electrons. The molecule has 4 rings (SSSR count). The number of para-hydroxylation sites is 1. The average molecular weight is 301 g/mol. The van der Waals surface area contributed by atoms with Crippen molar-refractivity contribution in [2.75, 3.05) is 19.1 Å². The Morgan fingerprint density at radius 1 is 0.826 bits per heavy atom. The number of methoxy groups -OCH3 is 1. The first kappa shape index (κ1) is 13.9. The number of anilines is 1. The van der Waals surface area contributed by atoms with Gasteiger partial charge >= 0.3 is 0 Å². The van der Waals surface area contributed by atoms with Crippen LogP contribution in [0.2, 0.25) is 0 Å². The SMILES string of the molecule is COc1cccc(C2c3ccccc3-c3ccccc3N2C)c1. The predicted molar refractivity (Wildman–Crippen MR) is 95.1 cm³/mol. The first-order valence-electron chi connectivity index (χ1n) is 7.84. The van der Waals surface area contributed by atoms with E-state index in [0.29, 0.717) is 0 Å². The highest BCUT2D eigenvalue weighted by molar-refractivity contribution is 5.85. The van der Waals surface area contributed by atoms with Crippen LogP contribution in [0.1, 0.15) is 17.2 Å². The molecule has 0 N–H and O–H groups in total. The van der Waals surface area contributed by atoms with Crippen molar-refractivity contribution >= 4 is 5.69 Å². The van der Waals surface area contributed by atoms with Gasteiger partial charge in [0, 0.05) is 18.3 Å². The quantitative estimate of drug-likeness (QED) is 0.667. The molecule has 3 aromatic carbocycles. The number of hydrogen-bond donors (Lipinski definition) is 0. The number of hydrogen-bond acceptors (Lipinski definition) is 2. The molecule has 0 fully saturated rings. The van der Waals surface area contributed by atoms with Crippen molar-refractivity contribution in [1.29, 1.82) is 0 Å². The van der Waals surface area contributed by atoms with Gasteiger partial charge in [-0.25, -0.2) is 0 Å². The molecule has 2 heteroatoms. The highest BCUT2D eigenvalue weighted by Crippen LogP contribution is 2.46. The zero-order chi connectivity index (χ0) is 15.8. The minimum absolute atomic E-state index is 0.191. The van der Waals surface area contributed by atoms with E-state index >= 15 is 0 Å². The Bertz CT molecular complexity index is 856. The molecule has 114 valence electrons. The summed E-state index contributed by atoms with van der Waals surface area (Å²) >= 11 is 0. The zero-order valence-electron chi connectivity index (χ0n) is 13.4. The molecule has 3 aromatic rings. The van der Waals surface area contributed by atoms with Gasteiger partial charge in [0.05, 0.1) is 13.2 Å². The topological polar surface area (TPSA) is 12.5 Å². The van der Waals surface area contributed by atoms with Gasteiger partial charge in [0.1, 0.15) is 5.75 Å². The van der Waals surface area contributed by atoms with Crippen LogP contribution in [0.25, 0.3) is 11.1 Å². The van der Waals surface area contributed by atoms with Crippen molar-refractivity contribution in [3.63, 3.8) is 0 Å². The Labute approximate surface area is 137 Å². The van der Waals surface area contributed by atoms with Gasteiger partial charge in [0.25, 0.3) is 0 Å². The van der Waals surface area contributed by atoms with Crippen molar-refractivity contribution in [2.24, 2.45) is 0 Å². The van der Waals surface area contributed by atoms with E-state index in [0.717, 1.165) is 5.75 Å². The standard InChI is InChI=1S/C21H19NO/c1-22-20-13-6-5-11-18(20)17-10-3-4-12-19(17)21(22)15-8-7-9-16(14-15)23-2/h3-14,21H,1-2H3. The Balaban J connectivity index is 1.94. The number of fused-ring (bicyclic) bond motifs is 3. The lowest BCUT2D eigenvalue weighted by Gasteiger charge is -2.38. The predicted octanol–water partition coefficient (Wildman–Crippen LogP) is 4.90. The molecule has 0 aromatic heterocycles. The summed E-state index contributed by atoms with van der Waals surface area (Å²) in [6.45, 7) is 0. The summed E-state index contributed by atoms with van der Waals surface area (Å²) in [5.41, 5.74) is 6.45. The largest absolute Gasteiger partial charge is 0.497 e. The van der Waals surface area contributed by atoms with Crippen LogP contribution in [0.5, 0.6) is 5.75 Å². The first-order chi connectivity index (χ1) is 11.3. The third-order valence-electron chi connectivity index (χ3n) is 4.63. The molecule has 1 atom stereocenters. The third-order valence-corrected chi connectivity index (χ3v) is 4.63. The minimum Gasteiger partial charge on any atom is -0.497 e. The van der Waals surface area contributed by atoms with Crippen LogP contribution in [0.15, 0.2) is 72.8 Å². The number of ether oxygens (including phenoxy) is 1. The van der Waals surface area contributed by atoms with Gasteiger partial charge < -0.3 is 9.64 Å². The van der Waals surface area contributed by atoms with Gasteiger partial charge in [-0.15, -0.1) is 0 Å². The number of nitrogens with zero attached hydrogens (tertiary/aromatic N) is 1. The van der Waals surface area contributed by atoms with Crippen molar-refractivity contribution in [2.45, 2.75) is 6.04 Å². The molecule has 1 heterocycles. The maximum Gasteiger partial charge on any atom is 0.119 e. The second kappa shape index (κ2) is 5.47. The van der Waals surface area contributed by atoms with Crippen LogP contribution < -0.4 is 9.64 Å². The van der Waals surface area contributed by atoms with Gasteiger partial charge in [-0.3, -0.25) is 0 Å². The van der Waals surface area contributed by atoms with Gasteiger partial charge in [-0.2, -0.15) is 0 Å². The lowest BCUT2D eigenvalue weighted by molar-refractivity contribution is 0.414. The van der Waals surface area contributed by atoms with Crippen molar-refractivity contribution in [1.82, 2.24) is 0 Å². The fourth-order valence-corrected chi connectivity index (χ4v) is 3.55. The van der Waals surface area contributed by atoms with E-state index in [1.807, 2.05) is 6.07 Å². The second-order valence-corrected chi connectivity index (χ2v) is 5.89. The van der Waals surface area contributed by atoms with E-state index in [-0.39, 0.29) is 6.04 Å². The van der Waals surface area contributed by atoms with Crippen LogP contribution in [0.3, 0.4) is 0 Å². The van der Waals surface area contributed by atoms with E-state index in [2.05, 4.69) is 78.7 Å². The Morgan fingerprint density at radius 2 is 1.57 bits per heavy atom. The fourth-order valence-electron chi connectivity index (χ4n) is 3.55. The normalized spacial score (nSPS) is 15.7. The van der Waals surface area contributed by atoms with E-state index in [1.54, 1.807) is 7.11 Å². The lowest BCUT2D eigenvalue weighted by Crippen LogP contribution is -2.29. The van der Waals surface area contributed by atoms with Crippen LogP contribution in [-0.2, 0) is 0 Å². The molecule has 0 spiro atoms. The van der Waals surface area contributed by atoms with Crippen LogP contribution in [0.4, 0.5) is 5.69 Å². The zero-order valence-corrected chi connectivity index (χ0v) is 13.4. The summed E-state index contributed by atoms with van der Waals surface area (Å²) in [6, 6.07) is 25.8. The molecule has 1 aliphatic heterocycles. The van der Waals surface area contributed by atoms with Gasteiger partial charge in [0.15, 0.2) is 0 Å². The molecule has 0 aliphatic carbocycles. The summed E-state index contributed by atoms with van der Waals surface area (Å²) in [4.78, 5) is 2.35. The Hall–Kier alpha value is -2.74. The van der Waals surface area contributed by atoms with Crippen LogP contribution >= 0.6 is 0 Å². The molecule has 23 heavy (non-hydrogen) atoms. The summed E-state index contributed by atoms with van der Waals surface area (Å²) < 4.78 is 5.42. The van der Waals surface area contributed by atoms with Gasteiger partial charge in [-0.05, 0) is 34.9 Å². The van der Waals surface area contributed by atoms with Crippen LogP contribution in [0, 0.1) is 0 Å². The molecule has 2 nitrogen and oxygen atoms in total. The molecule has 1 aliphatic rings. The number of rotatable bonds is 2. The Morgan fingerprint density at radius 3 is 2.39 bits per heavy atom. The summed E-state index contributed by atoms with van der Waals surface area (Å²) in [5.74, 6) is 0.896. The van der Waals surface area contributed by atoms with Gasteiger partial charge in [-0.1, -0.05) is 54.6 Å². The van der Waals surface area contributed by atoms with Crippen LogP contribution in [-0.4, -0.2) is 14.2 Å². The maximum atomic E-state index is 5.42. The molecular weight excluding hydrogens is 282 g/mol. The smallest absolute Gasteiger partial charge is 0.119 e. The molecule has 0 saturated heterocycles. The molecule has 0 saturated carbocycles. The molecule has 1 unspecified atom stereocenters. The summed E-state index contributed by atoms with van der Waals surface area (Å²) in [7, 11) is 3.88. The second-order valence-electron chi connectivity index (χ2n) is 5.89. The monoisotopic (exact) mass is 301 g/mol. The third kappa shape index (κ3) is 2.18. The highest BCUT2D eigenvalue weighted by atomic mass is 16.5. The van der Waals surface area contributed by atoms with E-state index < -0.39 is 0 Å². The average Bonchev–Trinajstić information content (AvgIpc) is 2.62. The van der Waals surface area contributed by atoms with Crippen molar-refractivity contribution in [3.8, 4) is 16.9 Å². The fraction of sp³-hybridized carbons (Fsp3) is 0.143. The van der Waals surface area contributed by atoms with Gasteiger partial charge in [0.2, 0.25) is 0 Å². The van der Waals surface area contributed by atoms with E-state index in [4.69, 9.17) is 4.74 Å². The van der Waals surface area contributed by atoms with Crippen molar-refractivity contribution in [3.05, 3.63) is 83.9 Å². The summed E-state index contributed by atoms with van der Waals surface area (Å²) in [6.07, 6.45) is 0. The maximum absolute atomic E-state index is 5.42. The first-order valence-corrected chi connectivity index (χ1v) is 7.84. The lowest BCUT2D eigenvalue weighted by atomic mass is 9.85. The summed E-state index contributed by atoms with van der Waals surface area (Å²) in [5, 5.41) is 0. The van der Waals surface area contributed by atoms with E-state index in [9.17, 15) is 0 Å². The molecule has 0 bridgehead atoms. The van der Waals surface area contributed by atoms with Crippen molar-refractivity contribution < 1.29 is 4.74 Å². The molecule has 0 amide bonds. The molecular formula is C21H19NO. The highest BCUT2D eigenvalue weighted by Gasteiger charge is 2.29.